The number of nitrogens with zero attached hydrogens (tertiary/aromatic N) is 2. The number of sulfonamides is 1. The molecule has 1 heterocycles. The molecule has 1 saturated carbocycles. The lowest BCUT2D eigenvalue weighted by atomic mass is 10.0. The Balaban J connectivity index is 1.38. The Hall–Kier alpha value is -3.98. The fourth-order valence-electron chi connectivity index (χ4n) is 5.86. The molecule has 0 unspecified atom stereocenters. The lowest BCUT2D eigenvalue weighted by Crippen LogP contribution is -2.52. The number of aryl methyl sites for hydroxylation is 1. The molecule has 42 heavy (non-hydrogen) atoms. The van der Waals surface area contributed by atoms with Crippen LogP contribution < -0.4 is 5.32 Å². The van der Waals surface area contributed by atoms with Crippen molar-refractivity contribution in [3.63, 3.8) is 0 Å². The molecular formula is C33H37N3O5S. The maximum absolute atomic E-state index is 14.0. The largest absolute Gasteiger partial charge is 0.352 e. The van der Waals surface area contributed by atoms with Gasteiger partial charge in [-0.05, 0) is 55.0 Å². The van der Waals surface area contributed by atoms with Gasteiger partial charge in [0.1, 0.15) is 10.9 Å². The van der Waals surface area contributed by atoms with E-state index in [1.807, 2.05) is 61.5 Å². The van der Waals surface area contributed by atoms with Crippen molar-refractivity contribution in [3.05, 3.63) is 101 Å². The van der Waals surface area contributed by atoms with Gasteiger partial charge in [-0.2, -0.15) is 0 Å². The van der Waals surface area contributed by atoms with E-state index in [0.717, 1.165) is 46.7 Å². The third kappa shape index (κ3) is 6.41. The average Bonchev–Trinajstić information content (AvgIpc) is 3.57. The molecule has 5 rings (SSSR count). The molecule has 3 aromatic carbocycles. The van der Waals surface area contributed by atoms with Crippen LogP contribution in [-0.2, 0) is 32.6 Å². The van der Waals surface area contributed by atoms with Crippen LogP contribution in [0.15, 0.2) is 83.8 Å². The summed E-state index contributed by atoms with van der Waals surface area (Å²) in [5.41, 5.74) is 3.04. The van der Waals surface area contributed by atoms with E-state index < -0.39 is 22.0 Å². The molecule has 0 radical (unpaired) electrons. The Morgan fingerprint density at radius 3 is 2.33 bits per heavy atom. The number of rotatable bonds is 11. The van der Waals surface area contributed by atoms with Crippen LogP contribution in [0.5, 0.6) is 0 Å². The van der Waals surface area contributed by atoms with Crippen LogP contribution in [0.2, 0.25) is 0 Å². The first kappa shape index (κ1) is 29.5. The highest BCUT2D eigenvalue weighted by molar-refractivity contribution is 7.90. The predicted molar refractivity (Wildman–Crippen MR) is 160 cm³/mol. The van der Waals surface area contributed by atoms with E-state index in [4.69, 9.17) is 0 Å². The summed E-state index contributed by atoms with van der Waals surface area (Å²) in [5, 5.41) is 3.20. The number of carbonyl (C=O) groups excluding carboxylic acids is 3. The average molecular weight is 588 g/mol. The van der Waals surface area contributed by atoms with Gasteiger partial charge in [-0.15, -0.1) is 0 Å². The first-order chi connectivity index (χ1) is 20.3. The number of carbonyl (C=O) groups is 3. The van der Waals surface area contributed by atoms with Crippen LogP contribution in [0.1, 0.15) is 65.6 Å². The molecule has 1 atom stereocenters. The van der Waals surface area contributed by atoms with Crippen molar-refractivity contribution in [3.8, 4) is 0 Å². The van der Waals surface area contributed by atoms with E-state index in [0.29, 0.717) is 6.42 Å². The van der Waals surface area contributed by atoms with Gasteiger partial charge in [0.2, 0.25) is 11.8 Å². The lowest BCUT2D eigenvalue weighted by Gasteiger charge is -2.33. The molecule has 1 N–H and O–H groups in total. The van der Waals surface area contributed by atoms with E-state index >= 15 is 0 Å². The molecule has 3 amide bonds. The summed E-state index contributed by atoms with van der Waals surface area (Å²) in [6.45, 7) is 2.11. The molecular weight excluding hydrogens is 550 g/mol. The lowest BCUT2D eigenvalue weighted by molar-refractivity contribution is -0.141. The third-order valence-corrected chi connectivity index (χ3v) is 10.1. The molecule has 3 aromatic rings. The van der Waals surface area contributed by atoms with Gasteiger partial charge in [0.15, 0.2) is 0 Å². The second kappa shape index (κ2) is 12.9. The van der Waals surface area contributed by atoms with Gasteiger partial charge in [0, 0.05) is 32.0 Å². The molecule has 0 bridgehead atoms. The van der Waals surface area contributed by atoms with E-state index in [-0.39, 0.29) is 54.2 Å². The number of benzene rings is 3. The summed E-state index contributed by atoms with van der Waals surface area (Å²) in [6, 6.07) is 22.9. The summed E-state index contributed by atoms with van der Waals surface area (Å²) in [6.07, 6.45) is 4.48. The summed E-state index contributed by atoms with van der Waals surface area (Å²) in [5.74, 6) is -1.02. The topological polar surface area (TPSA) is 104 Å². The number of fused-ring (bicyclic) bond motifs is 1. The van der Waals surface area contributed by atoms with Crippen molar-refractivity contribution in [1.29, 1.82) is 0 Å². The third-order valence-electron chi connectivity index (χ3n) is 8.24. The summed E-state index contributed by atoms with van der Waals surface area (Å²) in [7, 11) is -3.96. The van der Waals surface area contributed by atoms with Gasteiger partial charge < -0.3 is 10.2 Å². The van der Waals surface area contributed by atoms with E-state index in [1.165, 1.54) is 12.1 Å². The molecule has 1 aliphatic carbocycles. The van der Waals surface area contributed by atoms with Gasteiger partial charge in [0.05, 0.1) is 5.56 Å². The quantitative estimate of drug-likeness (QED) is 0.353. The summed E-state index contributed by atoms with van der Waals surface area (Å²) in [4.78, 5) is 42.3. The van der Waals surface area contributed by atoms with E-state index in [2.05, 4.69) is 5.32 Å². The molecule has 0 spiro atoms. The summed E-state index contributed by atoms with van der Waals surface area (Å²) >= 11 is 0. The minimum absolute atomic E-state index is 0.00554. The minimum atomic E-state index is -3.96. The maximum Gasteiger partial charge on any atom is 0.269 e. The highest BCUT2D eigenvalue weighted by Crippen LogP contribution is 2.30. The standard InChI is InChI=1S/C33H37N3O5S/c1-24-12-5-6-15-26(24)23-35(29(22-25-13-3-2-4-14-25)32(38)34-27-16-7-8-17-27)31(37)20-11-21-36-33(39)28-18-9-10-19-30(28)42(36,40)41/h2-6,9-10,12-15,18-19,27,29H,7-8,11,16-17,20-23H2,1H3,(H,34,38)/t29-/m1/s1. The zero-order valence-electron chi connectivity index (χ0n) is 23.9. The second-order valence-corrected chi connectivity index (χ2v) is 13.0. The van der Waals surface area contributed by atoms with E-state index in [1.54, 1.807) is 17.0 Å². The summed E-state index contributed by atoms with van der Waals surface area (Å²) < 4.78 is 26.9. The Labute approximate surface area is 247 Å². The van der Waals surface area contributed by atoms with Crippen molar-refractivity contribution in [1.82, 2.24) is 14.5 Å². The predicted octanol–water partition coefficient (Wildman–Crippen LogP) is 4.62. The van der Waals surface area contributed by atoms with Gasteiger partial charge in [-0.25, -0.2) is 12.7 Å². The van der Waals surface area contributed by atoms with Crippen molar-refractivity contribution < 1.29 is 22.8 Å². The highest BCUT2D eigenvalue weighted by Gasteiger charge is 2.40. The van der Waals surface area contributed by atoms with Crippen molar-refractivity contribution >= 4 is 27.7 Å². The van der Waals surface area contributed by atoms with Crippen LogP contribution in [0.3, 0.4) is 0 Å². The van der Waals surface area contributed by atoms with Gasteiger partial charge in [-0.1, -0.05) is 79.6 Å². The Morgan fingerprint density at radius 2 is 1.62 bits per heavy atom. The van der Waals surface area contributed by atoms with Crippen LogP contribution in [0.25, 0.3) is 0 Å². The highest BCUT2D eigenvalue weighted by atomic mass is 32.2. The molecule has 220 valence electrons. The normalized spacial score (nSPS) is 16.7. The zero-order valence-corrected chi connectivity index (χ0v) is 24.7. The van der Waals surface area contributed by atoms with Crippen molar-refractivity contribution in [2.45, 2.75) is 75.4 Å². The number of hydrogen-bond acceptors (Lipinski definition) is 5. The van der Waals surface area contributed by atoms with Crippen LogP contribution in [0.4, 0.5) is 0 Å². The number of amides is 3. The number of hydrogen-bond donors (Lipinski definition) is 1. The van der Waals surface area contributed by atoms with Crippen LogP contribution >= 0.6 is 0 Å². The van der Waals surface area contributed by atoms with Gasteiger partial charge in [0.25, 0.3) is 15.9 Å². The maximum atomic E-state index is 14.0. The smallest absolute Gasteiger partial charge is 0.269 e. The SMILES string of the molecule is Cc1ccccc1CN(C(=O)CCCN1C(=O)c2ccccc2S1(=O)=O)[C@H](Cc1ccccc1)C(=O)NC1CCCC1. The first-order valence-electron chi connectivity index (χ1n) is 14.6. The molecule has 2 aliphatic rings. The fourth-order valence-corrected chi connectivity index (χ4v) is 7.47. The minimum Gasteiger partial charge on any atom is -0.352 e. The molecule has 1 aliphatic heterocycles. The van der Waals surface area contributed by atoms with Gasteiger partial charge in [-0.3, -0.25) is 14.4 Å². The molecule has 9 heteroatoms. The monoisotopic (exact) mass is 587 g/mol. The molecule has 0 aromatic heterocycles. The Morgan fingerprint density at radius 1 is 0.952 bits per heavy atom. The Bertz CT molecular complexity index is 1550. The fraction of sp³-hybridized carbons (Fsp3) is 0.364. The molecule has 0 saturated heterocycles. The van der Waals surface area contributed by atoms with Crippen molar-refractivity contribution in [2.75, 3.05) is 6.54 Å². The van der Waals surface area contributed by atoms with Gasteiger partial charge >= 0.3 is 0 Å². The van der Waals surface area contributed by atoms with Crippen molar-refractivity contribution in [2.24, 2.45) is 0 Å². The number of nitrogens with one attached hydrogen (secondary N) is 1. The second-order valence-electron chi connectivity index (χ2n) is 11.1. The zero-order chi connectivity index (χ0) is 29.7. The van der Waals surface area contributed by atoms with Crippen LogP contribution in [-0.4, -0.2) is 54.0 Å². The first-order valence-corrected chi connectivity index (χ1v) is 16.0. The molecule has 1 fully saturated rings. The molecule has 8 nitrogen and oxygen atoms in total. The van der Waals surface area contributed by atoms with E-state index in [9.17, 15) is 22.8 Å². The Kier molecular flexibility index (Phi) is 9.06. The van der Waals surface area contributed by atoms with Crippen LogP contribution in [0, 0.1) is 6.92 Å².